The summed E-state index contributed by atoms with van der Waals surface area (Å²) >= 11 is 0. The Balaban J connectivity index is 2.06. The lowest BCUT2D eigenvalue weighted by atomic mass is 9.92. The summed E-state index contributed by atoms with van der Waals surface area (Å²) in [6.07, 6.45) is 3.07. The smallest absolute Gasteiger partial charge is 0.0994 e. The molecule has 0 spiro atoms. The van der Waals surface area contributed by atoms with E-state index in [0.717, 1.165) is 41.5 Å². The van der Waals surface area contributed by atoms with Crippen LogP contribution in [0.2, 0.25) is 0 Å². The molecule has 0 aliphatic heterocycles. The van der Waals surface area contributed by atoms with E-state index in [9.17, 15) is 10.5 Å². The highest BCUT2D eigenvalue weighted by Crippen LogP contribution is 2.23. The number of nitrogens with zero attached hydrogens (tertiary/aromatic N) is 2. The monoisotopic (exact) mass is 330 g/mol. The minimum Gasteiger partial charge on any atom is -0.192 e. The van der Waals surface area contributed by atoms with Crippen LogP contribution in [0.25, 0.3) is 0 Å². The molecule has 0 saturated carbocycles. The van der Waals surface area contributed by atoms with Gasteiger partial charge >= 0.3 is 0 Å². The summed E-state index contributed by atoms with van der Waals surface area (Å²) in [6, 6.07) is 17.0. The summed E-state index contributed by atoms with van der Waals surface area (Å²) in [7, 11) is 0. The molecule has 2 heteroatoms. The molecule has 0 aliphatic carbocycles. The van der Waals surface area contributed by atoms with Crippen molar-refractivity contribution in [2.24, 2.45) is 0 Å². The molecule has 0 heterocycles. The summed E-state index contributed by atoms with van der Waals surface area (Å²) in [5, 5.41) is 18.4. The van der Waals surface area contributed by atoms with E-state index in [4.69, 9.17) is 0 Å². The number of hydrogen-bond donors (Lipinski definition) is 0. The van der Waals surface area contributed by atoms with Gasteiger partial charge in [0.15, 0.2) is 0 Å². The zero-order valence-electron chi connectivity index (χ0n) is 15.6. The van der Waals surface area contributed by atoms with Crippen LogP contribution >= 0.6 is 0 Å². The fourth-order valence-corrected chi connectivity index (χ4v) is 3.19. The van der Waals surface area contributed by atoms with E-state index in [1.54, 1.807) is 0 Å². The molecule has 0 unspecified atom stereocenters. The van der Waals surface area contributed by atoms with E-state index in [0.29, 0.717) is 11.8 Å². The Morgan fingerprint density at radius 2 is 1.12 bits per heavy atom. The third-order valence-electron chi connectivity index (χ3n) is 4.65. The molecule has 2 rings (SSSR count). The Morgan fingerprint density at radius 3 is 1.44 bits per heavy atom. The fourth-order valence-electron chi connectivity index (χ4n) is 3.19. The fraction of sp³-hybridized carbons (Fsp3) is 0.391. The standard InChI is InChI=1S/C23H26N2/c1-16(2)22-12-18(8-10-20(22)14-24)6-5-7-19-9-11-21(15-25)23(13-19)17(3)4/h8-13,16-17H,5-7H2,1-4H3. The minimum atomic E-state index is 0.363. The van der Waals surface area contributed by atoms with Gasteiger partial charge in [0.2, 0.25) is 0 Å². The lowest BCUT2D eigenvalue weighted by Crippen LogP contribution is -1.98. The molecule has 0 atom stereocenters. The molecule has 0 aliphatic rings. The van der Waals surface area contributed by atoms with Crippen LogP contribution in [-0.2, 0) is 12.8 Å². The summed E-state index contributed by atoms with van der Waals surface area (Å²) in [5.74, 6) is 0.725. The molecule has 0 aromatic heterocycles. The highest BCUT2D eigenvalue weighted by molar-refractivity contribution is 5.43. The first kappa shape index (κ1) is 18.8. The van der Waals surface area contributed by atoms with Crippen LogP contribution in [0, 0.1) is 22.7 Å². The lowest BCUT2D eigenvalue weighted by molar-refractivity contribution is 0.803. The molecule has 0 fully saturated rings. The number of hydrogen-bond acceptors (Lipinski definition) is 2. The van der Waals surface area contributed by atoms with Gasteiger partial charge in [-0.1, -0.05) is 52.0 Å². The maximum atomic E-state index is 9.22. The van der Waals surface area contributed by atoms with Gasteiger partial charge < -0.3 is 0 Å². The molecule has 0 N–H and O–H groups in total. The Morgan fingerprint density at radius 1 is 0.720 bits per heavy atom. The van der Waals surface area contributed by atoms with Gasteiger partial charge in [-0.05, 0) is 65.5 Å². The Bertz CT molecular complexity index is 747. The molecule has 0 amide bonds. The van der Waals surface area contributed by atoms with Crippen molar-refractivity contribution in [2.45, 2.75) is 58.8 Å². The van der Waals surface area contributed by atoms with Gasteiger partial charge in [-0.2, -0.15) is 10.5 Å². The van der Waals surface area contributed by atoms with Crippen LogP contribution < -0.4 is 0 Å². The average Bonchev–Trinajstić information content (AvgIpc) is 2.61. The number of nitriles is 2. The maximum absolute atomic E-state index is 9.22. The summed E-state index contributed by atoms with van der Waals surface area (Å²) in [6.45, 7) is 8.52. The van der Waals surface area contributed by atoms with Gasteiger partial charge in [-0.25, -0.2) is 0 Å². The van der Waals surface area contributed by atoms with Crippen molar-refractivity contribution in [3.8, 4) is 12.1 Å². The highest BCUT2D eigenvalue weighted by atomic mass is 14.3. The first-order valence-electron chi connectivity index (χ1n) is 9.02. The zero-order valence-corrected chi connectivity index (χ0v) is 15.6. The molecule has 2 aromatic carbocycles. The molecule has 25 heavy (non-hydrogen) atoms. The largest absolute Gasteiger partial charge is 0.192 e. The van der Waals surface area contributed by atoms with Crippen molar-refractivity contribution >= 4 is 0 Å². The van der Waals surface area contributed by atoms with Crippen LogP contribution in [0.3, 0.4) is 0 Å². The van der Waals surface area contributed by atoms with Crippen molar-refractivity contribution in [3.63, 3.8) is 0 Å². The molecule has 0 bridgehead atoms. The number of rotatable bonds is 6. The van der Waals surface area contributed by atoms with E-state index in [2.05, 4.69) is 64.1 Å². The van der Waals surface area contributed by atoms with Crippen molar-refractivity contribution in [1.29, 1.82) is 10.5 Å². The van der Waals surface area contributed by atoms with E-state index < -0.39 is 0 Å². The maximum Gasteiger partial charge on any atom is 0.0994 e. The third kappa shape index (κ3) is 4.71. The summed E-state index contributed by atoms with van der Waals surface area (Å²) in [5.41, 5.74) is 6.43. The van der Waals surface area contributed by atoms with Crippen LogP contribution in [0.5, 0.6) is 0 Å². The van der Waals surface area contributed by atoms with Crippen LogP contribution in [-0.4, -0.2) is 0 Å². The van der Waals surface area contributed by atoms with E-state index in [-0.39, 0.29) is 0 Å². The van der Waals surface area contributed by atoms with Crippen LogP contribution in [0.1, 0.15) is 79.3 Å². The molecule has 0 saturated heterocycles. The van der Waals surface area contributed by atoms with Gasteiger partial charge in [0, 0.05) is 0 Å². The topological polar surface area (TPSA) is 47.6 Å². The van der Waals surface area contributed by atoms with Crippen LogP contribution in [0.15, 0.2) is 36.4 Å². The second kappa shape index (κ2) is 8.50. The van der Waals surface area contributed by atoms with Gasteiger partial charge in [-0.3, -0.25) is 0 Å². The quantitative estimate of drug-likeness (QED) is 0.666. The van der Waals surface area contributed by atoms with Gasteiger partial charge in [0.1, 0.15) is 0 Å². The number of aryl methyl sites for hydroxylation is 2. The van der Waals surface area contributed by atoms with Crippen molar-refractivity contribution in [1.82, 2.24) is 0 Å². The Labute approximate surface area is 151 Å². The molecule has 0 radical (unpaired) electrons. The normalized spacial score (nSPS) is 10.7. The van der Waals surface area contributed by atoms with E-state index >= 15 is 0 Å². The van der Waals surface area contributed by atoms with Gasteiger partial charge in [0.05, 0.1) is 23.3 Å². The SMILES string of the molecule is CC(C)c1cc(CCCc2ccc(C#N)c(C(C)C)c2)ccc1C#N. The summed E-state index contributed by atoms with van der Waals surface area (Å²) in [4.78, 5) is 0. The van der Waals surface area contributed by atoms with Crippen molar-refractivity contribution < 1.29 is 0 Å². The van der Waals surface area contributed by atoms with Gasteiger partial charge in [-0.15, -0.1) is 0 Å². The second-order valence-electron chi connectivity index (χ2n) is 7.23. The zero-order chi connectivity index (χ0) is 18.4. The lowest BCUT2D eigenvalue weighted by Gasteiger charge is -2.12. The Kier molecular flexibility index (Phi) is 6.37. The summed E-state index contributed by atoms with van der Waals surface area (Å²) < 4.78 is 0. The van der Waals surface area contributed by atoms with Gasteiger partial charge in [0.25, 0.3) is 0 Å². The minimum absolute atomic E-state index is 0.363. The predicted molar refractivity (Wildman–Crippen MR) is 103 cm³/mol. The van der Waals surface area contributed by atoms with Crippen molar-refractivity contribution in [3.05, 3.63) is 69.8 Å². The average molecular weight is 330 g/mol. The third-order valence-corrected chi connectivity index (χ3v) is 4.65. The highest BCUT2D eigenvalue weighted by Gasteiger charge is 2.09. The van der Waals surface area contributed by atoms with Crippen LogP contribution in [0.4, 0.5) is 0 Å². The van der Waals surface area contributed by atoms with E-state index in [1.165, 1.54) is 11.1 Å². The molecule has 2 aromatic rings. The van der Waals surface area contributed by atoms with E-state index in [1.807, 2.05) is 12.1 Å². The molecule has 2 nitrogen and oxygen atoms in total. The molecule has 128 valence electrons. The molecular formula is C23H26N2. The number of benzene rings is 2. The second-order valence-corrected chi connectivity index (χ2v) is 7.23. The molecular weight excluding hydrogens is 304 g/mol. The Hall–Kier alpha value is -2.58. The first-order chi connectivity index (χ1) is 12.0. The first-order valence-corrected chi connectivity index (χ1v) is 9.02. The predicted octanol–water partition coefficient (Wildman–Crippen LogP) is 5.85. The van der Waals surface area contributed by atoms with Crippen molar-refractivity contribution in [2.75, 3.05) is 0 Å².